The van der Waals surface area contributed by atoms with Crippen molar-refractivity contribution in [3.05, 3.63) is 92.2 Å². The lowest BCUT2D eigenvalue weighted by Crippen LogP contribution is -2.22. The van der Waals surface area contributed by atoms with Gasteiger partial charge in [-0.3, -0.25) is 4.79 Å². The first-order valence-electron chi connectivity index (χ1n) is 10.2. The standard InChI is InChI=1S/C25H19ClN2O3S2/c1-30-21-14-16(13-18(26)23(21)31-11-12-32-17-7-3-2-4-8-17)15-22-24(29)28-20-10-6-5-9-19(20)27-25(28)33-22/h2-10,13-15H,11-12H2,1H3/b22-15-. The third-order valence-electron chi connectivity index (χ3n) is 5.04. The van der Waals surface area contributed by atoms with Crippen LogP contribution in [0.4, 0.5) is 0 Å². The van der Waals surface area contributed by atoms with E-state index in [0.717, 1.165) is 22.3 Å². The lowest BCUT2D eigenvalue weighted by molar-refractivity contribution is 0.314. The van der Waals surface area contributed by atoms with Crippen molar-refractivity contribution in [2.24, 2.45) is 0 Å². The minimum absolute atomic E-state index is 0.1000. The van der Waals surface area contributed by atoms with Crippen molar-refractivity contribution in [1.82, 2.24) is 9.38 Å². The fourth-order valence-corrected chi connectivity index (χ4v) is 5.56. The Balaban J connectivity index is 1.40. The number of hydrogen-bond acceptors (Lipinski definition) is 6. The van der Waals surface area contributed by atoms with Gasteiger partial charge in [-0.15, -0.1) is 11.8 Å². The first kappa shape index (κ1) is 21.8. The number of hydrogen-bond donors (Lipinski definition) is 0. The molecule has 0 saturated carbocycles. The van der Waals surface area contributed by atoms with Crippen molar-refractivity contribution in [2.45, 2.75) is 4.90 Å². The summed E-state index contributed by atoms with van der Waals surface area (Å²) in [6.07, 6.45) is 1.81. The van der Waals surface area contributed by atoms with E-state index >= 15 is 0 Å². The molecule has 0 radical (unpaired) electrons. The molecule has 0 saturated heterocycles. The molecule has 8 heteroatoms. The number of nitrogens with zero attached hydrogens (tertiary/aromatic N) is 2. The van der Waals surface area contributed by atoms with Crippen molar-refractivity contribution in [3.8, 4) is 11.5 Å². The van der Waals surface area contributed by atoms with Crippen molar-refractivity contribution in [1.29, 1.82) is 0 Å². The number of benzene rings is 3. The second-order valence-electron chi connectivity index (χ2n) is 7.18. The molecular formula is C25H19ClN2O3S2. The van der Waals surface area contributed by atoms with Crippen LogP contribution in [-0.2, 0) is 0 Å². The number of imidazole rings is 1. The average Bonchev–Trinajstić information content (AvgIpc) is 3.34. The monoisotopic (exact) mass is 494 g/mol. The second-order valence-corrected chi connectivity index (χ2v) is 9.76. The number of halogens is 1. The molecule has 5 nitrogen and oxygen atoms in total. The van der Waals surface area contributed by atoms with Crippen LogP contribution >= 0.6 is 34.7 Å². The van der Waals surface area contributed by atoms with Crippen LogP contribution in [0, 0.1) is 0 Å². The zero-order valence-electron chi connectivity index (χ0n) is 17.7. The van der Waals surface area contributed by atoms with Gasteiger partial charge < -0.3 is 9.47 Å². The van der Waals surface area contributed by atoms with E-state index in [0.29, 0.717) is 32.6 Å². The highest BCUT2D eigenvalue weighted by molar-refractivity contribution is 7.99. The average molecular weight is 495 g/mol. The number of thiazole rings is 1. The van der Waals surface area contributed by atoms with E-state index < -0.39 is 0 Å². The molecule has 0 bridgehead atoms. The van der Waals surface area contributed by atoms with Crippen molar-refractivity contribution >= 4 is 56.8 Å². The molecule has 0 aliphatic rings. The zero-order chi connectivity index (χ0) is 22.8. The summed E-state index contributed by atoms with van der Waals surface area (Å²) in [5.74, 6) is 1.80. The molecule has 0 N–H and O–H groups in total. The van der Waals surface area contributed by atoms with E-state index in [9.17, 15) is 4.79 Å². The first-order valence-corrected chi connectivity index (χ1v) is 12.4. The van der Waals surface area contributed by atoms with E-state index in [1.807, 2.05) is 48.5 Å². The van der Waals surface area contributed by atoms with Crippen LogP contribution in [0.15, 0.2) is 76.4 Å². The Morgan fingerprint density at radius 3 is 2.73 bits per heavy atom. The summed E-state index contributed by atoms with van der Waals surface area (Å²) in [6, 6.07) is 21.4. The Kier molecular flexibility index (Phi) is 6.26. The molecule has 2 aromatic heterocycles. The highest BCUT2D eigenvalue weighted by Gasteiger charge is 2.14. The predicted molar refractivity (Wildman–Crippen MR) is 136 cm³/mol. The largest absolute Gasteiger partial charge is 0.493 e. The molecule has 0 amide bonds. The topological polar surface area (TPSA) is 52.8 Å². The van der Waals surface area contributed by atoms with Crippen molar-refractivity contribution < 1.29 is 9.47 Å². The van der Waals surface area contributed by atoms with Gasteiger partial charge in [-0.2, -0.15) is 0 Å². The molecule has 0 atom stereocenters. The van der Waals surface area contributed by atoms with Crippen LogP contribution in [0.3, 0.4) is 0 Å². The van der Waals surface area contributed by atoms with E-state index in [-0.39, 0.29) is 5.56 Å². The molecule has 0 unspecified atom stereocenters. The summed E-state index contributed by atoms with van der Waals surface area (Å²) < 4.78 is 13.7. The van der Waals surface area contributed by atoms with Gasteiger partial charge in [-0.05, 0) is 48.0 Å². The van der Waals surface area contributed by atoms with Crippen molar-refractivity contribution in [2.75, 3.05) is 19.5 Å². The molecule has 33 heavy (non-hydrogen) atoms. The smallest absolute Gasteiger partial charge is 0.274 e. The number of ether oxygens (including phenoxy) is 2. The van der Waals surface area contributed by atoms with Crippen LogP contribution < -0.4 is 19.6 Å². The van der Waals surface area contributed by atoms with E-state index in [1.54, 1.807) is 35.4 Å². The Hall–Kier alpha value is -3.00. The highest BCUT2D eigenvalue weighted by atomic mass is 35.5. The second kappa shape index (κ2) is 9.47. The normalized spacial score (nSPS) is 12.0. The molecule has 0 aliphatic carbocycles. The van der Waals surface area contributed by atoms with Crippen LogP contribution in [0.2, 0.25) is 5.02 Å². The highest BCUT2D eigenvalue weighted by Crippen LogP contribution is 2.37. The summed E-state index contributed by atoms with van der Waals surface area (Å²) in [5, 5.41) is 0.435. The van der Waals surface area contributed by atoms with Gasteiger partial charge in [0.15, 0.2) is 16.5 Å². The van der Waals surface area contributed by atoms with E-state index in [4.69, 9.17) is 21.1 Å². The maximum atomic E-state index is 13.0. The van der Waals surface area contributed by atoms with E-state index in [2.05, 4.69) is 17.1 Å². The zero-order valence-corrected chi connectivity index (χ0v) is 20.0. The first-order chi connectivity index (χ1) is 16.1. The van der Waals surface area contributed by atoms with Gasteiger partial charge >= 0.3 is 0 Å². The van der Waals surface area contributed by atoms with Gasteiger partial charge in [0.1, 0.15) is 0 Å². The Morgan fingerprint density at radius 1 is 1.12 bits per heavy atom. The molecule has 166 valence electrons. The van der Waals surface area contributed by atoms with Gasteiger partial charge in [0.25, 0.3) is 5.56 Å². The predicted octanol–water partition coefficient (Wildman–Crippen LogP) is 5.29. The maximum Gasteiger partial charge on any atom is 0.274 e. The fraction of sp³-hybridized carbons (Fsp3) is 0.120. The molecule has 5 rings (SSSR count). The van der Waals surface area contributed by atoms with Crippen LogP contribution in [0.1, 0.15) is 5.56 Å². The minimum atomic E-state index is -0.1000. The van der Waals surface area contributed by atoms with Crippen molar-refractivity contribution in [3.63, 3.8) is 0 Å². The quantitative estimate of drug-likeness (QED) is 0.227. The van der Waals surface area contributed by atoms with Crippen LogP contribution in [-0.4, -0.2) is 28.9 Å². The summed E-state index contributed by atoms with van der Waals surface area (Å²) in [6.45, 7) is 0.485. The third-order valence-corrected chi connectivity index (χ3v) is 7.26. The van der Waals surface area contributed by atoms with Crippen LogP contribution in [0.25, 0.3) is 22.1 Å². The maximum absolute atomic E-state index is 13.0. The third kappa shape index (κ3) is 4.44. The Morgan fingerprint density at radius 2 is 1.91 bits per heavy atom. The summed E-state index contributed by atoms with van der Waals surface area (Å²) in [4.78, 5) is 19.4. The number of fused-ring (bicyclic) bond motifs is 3. The summed E-state index contributed by atoms with van der Waals surface area (Å²) >= 11 is 9.59. The molecule has 0 spiro atoms. The number of para-hydroxylation sites is 2. The molecule has 5 aromatic rings. The number of aromatic nitrogens is 2. The van der Waals surface area contributed by atoms with Gasteiger partial charge in [0.05, 0.1) is 34.3 Å². The fourth-order valence-electron chi connectivity index (χ4n) is 3.55. The van der Waals surface area contributed by atoms with Crippen LogP contribution in [0.5, 0.6) is 11.5 Å². The van der Waals surface area contributed by atoms with E-state index in [1.165, 1.54) is 16.2 Å². The summed E-state index contributed by atoms with van der Waals surface area (Å²) in [7, 11) is 1.57. The number of rotatable bonds is 7. The Bertz CT molecular complexity index is 1550. The van der Waals surface area contributed by atoms with Gasteiger partial charge in [0, 0.05) is 10.6 Å². The summed E-state index contributed by atoms with van der Waals surface area (Å²) in [5.41, 5.74) is 2.27. The molecule has 3 aromatic carbocycles. The molecule has 2 heterocycles. The Labute approximate surface area is 203 Å². The molecular weight excluding hydrogens is 476 g/mol. The number of thioether (sulfide) groups is 1. The molecule has 0 fully saturated rings. The van der Waals surface area contributed by atoms with Gasteiger partial charge in [-0.1, -0.05) is 53.3 Å². The lowest BCUT2D eigenvalue weighted by atomic mass is 10.2. The van der Waals surface area contributed by atoms with Gasteiger partial charge in [0.2, 0.25) is 0 Å². The number of methoxy groups -OCH3 is 1. The minimum Gasteiger partial charge on any atom is -0.493 e. The van der Waals surface area contributed by atoms with Gasteiger partial charge in [-0.25, -0.2) is 9.38 Å². The molecule has 0 aliphatic heterocycles. The lowest BCUT2D eigenvalue weighted by Gasteiger charge is -2.13. The SMILES string of the molecule is COc1cc(/C=c2\sc3nc4ccccc4n3c2=O)cc(Cl)c1OCCSc1ccccc1.